The van der Waals surface area contributed by atoms with Crippen LogP contribution in [-0.4, -0.2) is 10.9 Å². The van der Waals surface area contributed by atoms with Crippen LogP contribution in [0.15, 0.2) is 24.3 Å². The van der Waals surface area contributed by atoms with Gasteiger partial charge in [-0.3, -0.25) is 4.79 Å². The third-order valence-electron chi connectivity index (χ3n) is 2.95. The normalized spacial score (nSPS) is 12.2. The van der Waals surface area contributed by atoms with Crippen LogP contribution in [0.1, 0.15) is 38.9 Å². The van der Waals surface area contributed by atoms with E-state index in [1.807, 2.05) is 13.8 Å². The number of nitrogens with zero attached hydrogens (tertiary/aromatic N) is 1. The first-order valence-corrected chi connectivity index (χ1v) is 7.05. The summed E-state index contributed by atoms with van der Waals surface area (Å²) in [7, 11) is 0. The summed E-state index contributed by atoms with van der Waals surface area (Å²) in [5, 5.41) is 3.59. The number of nitrogens with one attached hydrogen (secondary N) is 1. The lowest BCUT2D eigenvalue weighted by atomic mass is 10.1. The highest BCUT2D eigenvalue weighted by Crippen LogP contribution is 2.19. The number of rotatable bonds is 4. The van der Waals surface area contributed by atoms with Gasteiger partial charge in [-0.15, -0.1) is 11.3 Å². The van der Waals surface area contributed by atoms with Gasteiger partial charge in [0, 0.05) is 11.4 Å². The van der Waals surface area contributed by atoms with Crippen LogP contribution in [0.4, 0.5) is 4.39 Å². The number of carbonyl (C=O) groups excluding carboxylic acids is 1. The molecule has 106 valence electrons. The third-order valence-corrected chi connectivity index (χ3v) is 3.94. The molecule has 0 fully saturated rings. The van der Waals surface area contributed by atoms with Gasteiger partial charge in [0.15, 0.2) is 0 Å². The maximum Gasteiger partial charge on any atom is 0.271 e. The molecule has 2 aromatic rings. The van der Waals surface area contributed by atoms with Crippen molar-refractivity contribution in [3.63, 3.8) is 0 Å². The first-order valence-electron chi connectivity index (χ1n) is 6.24. The van der Waals surface area contributed by atoms with Crippen LogP contribution in [0.5, 0.6) is 0 Å². The Bertz CT molecular complexity index is 609. The second kappa shape index (κ2) is 6.11. The molecule has 0 saturated heterocycles. The standard InChI is InChI=1S/C14H16FN3OS/c1-8(10-3-5-11(15)6-4-10)17-14(19)13-9(2)20-12(7-16)18-13/h3-6,8H,7,16H2,1-2H3,(H,17,19). The molecule has 2 rings (SSSR count). The topological polar surface area (TPSA) is 68.0 Å². The molecule has 0 aliphatic rings. The van der Waals surface area contributed by atoms with Crippen molar-refractivity contribution in [2.45, 2.75) is 26.4 Å². The minimum Gasteiger partial charge on any atom is -0.344 e. The van der Waals surface area contributed by atoms with Gasteiger partial charge in [-0.05, 0) is 31.5 Å². The number of aromatic nitrogens is 1. The fourth-order valence-corrected chi connectivity index (χ4v) is 2.66. The summed E-state index contributed by atoms with van der Waals surface area (Å²) < 4.78 is 12.9. The van der Waals surface area contributed by atoms with Gasteiger partial charge in [0.25, 0.3) is 5.91 Å². The molecule has 1 aromatic heterocycles. The SMILES string of the molecule is Cc1sc(CN)nc1C(=O)NC(C)c1ccc(F)cc1. The minimum atomic E-state index is -0.296. The van der Waals surface area contributed by atoms with Gasteiger partial charge in [-0.2, -0.15) is 0 Å². The Morgan fingerprint density at radius 2 is 2.10 bits per heavy atom. The van der Waals surface area contributed by atoms with E-state index in [2.05, 4.69) is 10.3 Å². The Morgan fingerprint density at radius 3 is 2.65 bits per heavy atom. The van der Waals surface area contributed by atoms with Crippen LogP contribution in [-0.2, 0) is 6.54 Å². The Kier molecular flexibility index (Phi) is 4.46. The number of aryl methyl sites for hydroxylation is 1. The highest BCUT2D eigenvalue weighted by molar-refractivity contribution is 7.11. The highest BCUT2D eigenvalue weighted by Gasteiger charge is 2.17. The van der Waals surface area contributed by atoms with E-state index in [0.717, 1.165) is 15.4 Å². The molecule has 1 unspecified atom stereocenters. The van der Waals surface area contributed by atoms with Gasteiger partial charge >= 0.3 is 0 Å². The number of thiazole rings is 1. The highest BCUT2D eigenvalue weighted by atomic mass is 32.1. The molecule has 20 heavy (non-hydrogen) atoms. The quantitative estimate of drug-likeness (QED) is 0.910. The van der Waals surface area contributed by atoms with E-state index >= 15 is 0 Å². The Hall–Kier alpha value is -1.79. The average molecular weight is 293 g/mol. The number of hydrogen-bond acceptors (Lipinski definition) is 4. The summed E-state index contributed by atoms with van der Waals surface area (Å²) in [6.07, 6.45) is 0. The second-order valence-electron chi connectivity index (χ2n) is 4.46. The van der Waals surface area contributed by atoms with Gasteiger partial charge in [-0.25, -0.2) is 9.37 Å². The van der Waals surface area contributed by atoms with Crippen molar-refractivity contribution in [1.29, 1.82) is 0 Å². The summed E-state index contributed by atoms with van der Waals surface area (Å²) in [5.74, 6) is -0.537. The van der Waals surface area contributed by atoms with Crippen molar-refractivity contribution in [3.05, 3.63) is 51.2 Å². The van der Waals surface area contributed by atoms with E-state index in [4.69, 9.17) is 5.73 Å². The van der Waals surface area contributed by atoms with E-state index in [1.54, 1.807) is 12.1 Å². The fraction of sp³-hybridized carbons (Fsp3) is 0.286. The summed E-state index contributed by atoms with van der Waals surface area (Å²) in [6, 6.07) is 5.83. The minimum absolute atomic E-state index is 0.217. The maximum atomic E-state index is 12.9. The van der Waals surface area contributed by atoms with Crippen LogP contribution in [0.3, 0.4) is 0 Å². The van der Waals surface area contributed by atoms with Gasteiger partial charge in [-0.1, -0.05) is 12.1 Å². The number of amides is 1. The lowest BCUT2D eigenvalue weighted by Gasteiger charge is -2.13. The molecule has 0 aliphatic heterocycles. The summed E-state index contributed by atoms with van der Waals surface area (Å²) in [4.78, 5) is 17.2. The third kappa shape index (κ3) is 3.20. The molecule has 0 spiro atoms. The smallest absolute Gasteiger partial charge is 0.271 e. The van der Waals surface area contributed by atoms with E-state index in [9.17, 15) is 9.18 Å². The molecule has 0 radical (unpaired) electrons. The predicted molar refractivity (Wildman–Crippen MR) is 77.0 cm³/mol. The van der Waals surface area contributed by atoms with Gasteiger partial charge < -0.3 is 11.1 Å². The Balaban J connectivity index is 2.10. The molecular weight excluding hydrogens is 277 g/mol. The first kappa shape index (κ1) is 14.6. The van der Waals surface area contributed by atoms with Crippen molar-refractivity contribution < 1.29 is 9.18 Å². The summed E-state index contributed by atoms with van der Waals surface area (Å²) >= 11 is 1.42. The van der Waals surface area contributed by atoms with Crippen LogP contribution in [0.25, 0.3) is 0 Å². The predicted octanol–water partition coefficient (Wildman–Crippen LogP) is 2.54. The first-order chi connectivity index (χ1) is 9.51. The molecule has 6 heteroatoms. The summed E-state index contributed by atoms with van der Waals surface area (Å²) in [5.41, 5.74) is 6.77. The lowest BCUT2D eigenvalue weighted by molar-refractivity contribution is 0.0935. The number of nitrogens with two attached hydrogens (primary N) is 1. The Morgan fingerprint density at radius 1 is 1.45 bits per heavy atom. The number of carbonyl (C=O) groups is 1. The monoisotopic (exact) mass is 293 g/mol. The van der Waals surface area contributed by atoms with Gasteiger partial charge in [0.2, 0.25) is 0 Å². The molecule has 1 heterocycles. The number of hydrogen-bond donors (Lipinski definition) is 2. The van der Waals surface area contributed by atoms with Gasteiger partial charge in [0.05, 0.1) is 6.04 Å². The number of benzene rings is 1. The molecule has 4 nitrogen and oxygen atoms in total. The zero-order chi connectivity index (χ0) is 14.7. The molecule has 0 aliphatic carbocycles. The summed E-state index contributed by atoms with van der Waals surface area (Å²) in [6.45, 7) is 4.01. The van der Waals surface area contributed by atoms with E-state index in [-0.39, 0.29) is 17.8 Å². The lowest BCUT2D eigenvalue weighted by Crippen LogP contribution is -2.27. The van der Waals surface area contributed by atoms with Crippen LogP contribution < -0.4 is 11.1 Å². The van der Waals surface area contributed by atoms with Crippen molar-refractivity contribution in [2.24, 2.45) is 5.73 Å². The van der Waals surface area contributed by atoms with Crippen LogP contribution in [0, 0.1) is 12.7 Å². The van der Waals surface area contributed by atoms with Crippen molar-refractivity contribution in [2.75, 3.05) is 0 Å². The van der Waals surface area contributed by atoms with Crippen molar-refractivity contribution >= 4 is 17.2 Å². The van der Waals surface area contributed by atoms with Crippen LogP contribution >= 0.6 is 11.3 Å². The van der Waals surface area contributed by atoms with E-state index in [0.29, 0.717) is 12.2 Å². The van der Waals surface area contributed by atoms with Crippen molar-refractivity contribution in [1.82, 2.24) is 10.3 Å². The van der Waals surface area contributed by atoms with E-state index in [1.165, 1.54) is 23.5 Å². The molecule has 0 bridgehead atoms. The zero-order valence-electron chi connectivity index (χ0n) is 11.3. The molecule has 1 aromatic carbocycles. The van der Waals surface area contributed by atoms with Crippen LogP contribution in [0.2, 0.25) is 0 Å². The molecule has 0 saturated carbocycles. The molecule has 3 N–H and O–H groups in total. The molecule has 1 atom stereocenters. The van der Waals surface area contributed by atoms with E-state index < -0.39 is 0 Å². The molecule has 1 amide bonds. The van der Waals surface area contributed by atoms with Crippen molar-refractivity contribution in [3.8, 4) is 0 Å². The van der Waals surface area contributed by atoms with Gasteiger partial charge in [0.1, 0.15) is 16.5 Å². The Labute approximate surface area is 120 Å². The second-order valence-corrected chi connectivity index (χ2v) is 5.75. The molecular formula is C14H16FN3OS. The largest absolute Gasteiger partial charge is 0.344 e. The average Bonchev–Trinajstić information content (AvgIpc) is 2.80. The fourth-order valence-electron chi connectivity index (χ4n) is 1.85. The maximum absolute atomic E-state index is 12.9. The number of halogens is 1. The zero-order valence-corrected chi connectivity index (χ0v) is 12.1.